The minimum Gasteiger partial charge on any atom is -0.394 e. The summed E-state index contributed by atoms with van der Waals surface area (Å²) in [6.07, 6.45) is 2.85. The van der Waals surface area contributed by atoms with Crippen molar-refractivity contribution < 1.29 is 5.11 Å². The van der Waals surface area contributed by atoms with Gasteiger partial charge < -0.3 is 15.3 Å². The molecule has 0 spiro atoms. The van der Waals surface area contributed by atoms with Crippen LogP contribution in [-0.2, 0) is 0 Å². The topological polar surface area (TPSA) is 48.4 Å². The van der Waals surface area contributed by atoms with Gasteiger partial charge in [0.1, 0.15) is 5.82 Å². The molecular formula is C13H21N3OS. The summed E-state index contributed by atoms with van der Waals surface area (Å²) >= 11 is 4.24. The summed E-state index contributed by atoms with van der Waals surface area (Å²) in [5.41, 5.74) is -0.219. The highest BCUT2D eigenvalue weighted by molar-refractivity contribution is 7.80. The molecule has 2 rings (SSSR count). The second-order valence-electron chi connectivity index (χ2n) is 5.49. The van der Waals surface area contributed by atoms with Crippen LogP contribution in [0.2, 0.25) is 0 Å². The average Bonchev–Trinajstić information content (AvgIpc) is 2.78. The molecule has 4 nitrogen and oxygen atoms in total. The summed E-state index contributed by atoms with van der Waals surface area (Å²) < 4.78 is 0. The monoisotopic (exact) mass is 267 g/mol. The van der Waals surface area contributed by atoms with Crippen LogP contribution in [0.25, 0.3) is 0 Å². The number of aromatic nitrogens is 1. The van der Waals surface area contributed by atoms with Crippen molar-refractivity contribution >= 4 is 18.4 Å². The summed E-state index contributed by atoms with van der Waals surface area (Å²) in [7, 11) is 0. The van der Waals surface area contributed by atoms with Crippen LogP contribution in [0.3, 0.4) is 0 Å². The quantitative estimate of drug-likeness (QED) is 0.720. The van der Waals surface area contributed by atoms with E-state index in [1.165, 1.54) is 0 Å². The Morgan fingerprint density at radius 2 is 2.33 bits per heavy atom. The normalized spacial score (nSPS) is 20.4. The largest absolute Gasteiger partial charge is 0.394 e. The van der Waals surface area contributed by atoms with E-state index >= 15 is 0 Å². The van der Waals surface area contributed by atoms with Crippen molar-refractivity contribution in [1.29, 1.82) is 0 Å². The van der Waals surface area contributed by atoms with Crippen LogP contribution >= 0.6 is 12.6 Å². The first-order valence-electron chi connectivity index (χ1n) is 6.29. The van der Waals surface area contributed by atoms with Crippen LogP contribution in [0.4, 0.5) is 5.82 Å². The zero-order valence-electron chi connectivity index (χ0n) is 10.9. The summed E-state index contributed by atoms with van der Waals surface area (Å²) in [5.74, 6) is 0.999. The van der Waals surface area contributed by atoms with E-state index in [9.17, 15) is 5.11 Å². The molecule has 1 aromatic heterocycles. The summed E-state index contributed by atoms with van der Waals surface area (Å²) in [5, 5.41) is 12.8. The third-order valence-electron chi connectivity index (χ3n) is 3.23. The van der Waals surface area contributed by atoms with Gasteiger partial charge in [-0.2, -0.15) is 0 Å². The Bertz CT molecular complexity index is 394. The number of anilines is 1. The maximum Gasteiger partial charge on any atom is 0.128 e. The summed E-state index contributed by atoms with van der Waals surface area (Å²) in [4.78, 5) is 7.53. The van der Waals surface area contributed by atoms with Crippen molar-refractivity contribution in [3.63, 3.8) is 0 Å². The molecule has 0 saturated carbocycles. The molecular weight excluding hydrogens is 246 g/mol. The van der Waals surface area contributed by atoms with Gasteiger partial charge in [-0.25, -0.2) is 4.98 Å². The first-order valence-corrected chi connectivity index (χ1v) is 6.73. The number of aliphatic hydroxyl groups is 1. The Kier molecular flexibility index (Phi) is 4.14. The average molecular weight is 267 g/mol. The second-order valence-corrected chi connectivity index (χ2v) is 6.01. The molecule has 1 atom stereocenters. The van der Waals surface area contributed by atoms with Crippen LogP contribution in [0.15, 0.2) is 23.2 Å². The molecule has 2 heterocycles. The predicted molar refractivity (Wildman–Crippen MR) is 76.4 cm³/mol. The smallest absolute Gasteiger partial charge is 0.128 e. The van der Waals surface area contributed by atoms with Gasteiger partial charge in [-0.1, -0.05) is 0 Å². The van der Waals surface area contributed by atoms with E-state index in [2.05, 4.69) is 27.8 Å². The molecule has 0 radical (unpaired) electrons. The second kappa shape index (κ2) is 5.47. The number of nitrogens with zero attached hydrogens (tertiary/aromatic N) is 2. The highest BCUT2D eigenvalue weighted by Gasteiger charge is 2.28. The Labute approximate surface area is 114 Å². The third kappa shape index (κ3) is 3.37. The number of thiol groups is 1. The fourth-order valence-corrected chi connectivity index (χ4v) is 2.38. The molecule has 0 amide bonds. The molecule has 18 heavy (non-hydrogen) atoms. The highest BCUT2D eigenvalue weighted by Crippen LogP contribution is 2.20. The lowest BCUT2D eigenvalue weighted by Gasteiger charge is -2.28. The van der Waals surface area contributed by atoms with Gasteiger partial charge in [0, 0.05) is 35.8 Å². The molecule has 1 aromatic rings. The van der Waals surface area contributed by atoms with Crippen LogP contribution in [0, 0.1) is 0 Å². The molecule has 1 aliphatic heterocycles. The standard InChI is InChI=1S/C13H21N3OS/c1-13(2,9-17)15-10-5-6-16(8-10)12-4-3-11(18)7-14-12/h3-4,7,10,15,17-18H,5-6,8-9H2,1-2H3. The van der Waals surface area contributed by atoms with E-state index in [0.717, 1.165) is 30.2 Å². The van der Waals surface area contributed by atoms with Gasteiger partial charge in [-0.05, 0) is 32.4 Å². The van der Waals surface area contributed by atoms with Crippen LogP contribution in [-0.4, -0.2) is 41.4 Å². The van der Waals surface area contributed by atoms with Crippen LogP contribution in [0.1, 0.15) is 20.3 Å². The lowest BCUT2D eigenvalue weighted by Crippen LogP contribution is -2.49. The van der Waals surface area contributed by atoms with E-state index in [1.54, 1.807) is 6.20 Å². The van der Waals surface area contributed by atoms with Gasteiger partial charge in [-0.3, -0.25) is 0 Å². The fourth-order valence-electron chi connectivity index (χ4n) is 2.25. The molecule has 0 aromatic carbocycles. The molecule has 5 heteroatoms. The number of nitrogens with one attached hydrogen (secondary N) is 1. The van der Waals surface area contributed by atoms with Crippen molar-refractivity contribution in [1.82, 2.24) is 10.3 Å². The zero-order valence-corrected chi connectivity index (χ0v) is 11.8. The molecule has 2 N–H and O–H groups in total. The van der Waals surface area contributed by atoms with E-state index in [-0.39, 0.29) is 12.1 Å². The van der Waals surface area contributed by atoms with Gasteiger partial charge in [0.15, 0.2) is 0 Å². The minimum atomic E-state index is -0.219. The molecule has 0 aliphatic carbocycles. The fraction of sp³-hybridized carbons (Fsp3) is 0.615. The molecule has 1 unspecified atom stereocenters. The molecule has 1 fully saturated rings. The van der Waals surface area contributed by atoms with Gasteiger partial charge in [0.2, 0.25) is 0 Å². The Balaban J connectivity index is 1.94. The zero-order chi connectivity index (χ0) is 13.2. The maximum atomic E-state index is 9.27. The van der Waals surface area contributed by atoms with E-state index in [0.29, 0.717) is 6.04 Å². The maximum absolute atomic E-state index is 9.27. The van der Waals surface area contributed by atoms with E-state index < -0.39 is 0 Å². The number of rotatable bonds is 4. The van der Waals surface area contributed by atoms with Crippen molar-refractivity contribution in [2.24, 2.45) is 0 Å². The van der Waals surface area contributed by atoms with Gasteiger partial charge in [0.05, 0.1) is 6.61 Å². The Morgan fingerprint density at radius 3 is 2.94 bits per heavy atom. The van der Waals surface area contributed by atoms with Crippen molar-refractivity contribution in [2.75, 3.05) is 24.6 Å². The Hall–Kier alpha value is -0.780. The van der Waals surface area contributed by atoms with Crippen LogP contribution < -0.4 is 10.2 Å². The van der Waals surface area contributed by atoms with E-state index in [1.807, 2.05) is 26.0 Å². The summed E-state index contributed by atoms with van der Waals surface area (Å²) in [6.45, 7) is 6.11. The lowest BCUT2D eigenvalue weighted by molar-refractivity contribution is 0.178. The first kappa shape index (κ1) is 13.6. The number of aliphatic hydroxyl groups excluding tert-OH is 1. The Morgan fingerprint density at radius 1 is 1.56 bits per heavy atom. The molecule has 1 aliphatic rings. The van der Waals surface area contributed by atoms with Gasteiger partial charge in [-0.15, -0.1) is 12.6 Å². The van der Waals surface area contributed by atoms with Crippen molar-refractivity contribution in [3.05, 3.63) is 18.3 Å². The molecule has 100 valence electrons. The summed E-state index contributed by atoms with van der Waals surface area (Å²) in [6, 6.07) is 4.37. The van der Waals surface area contributed by atoms with Crippen LogP contribution in [0.5, 0.6) is 0 Å². The van der Waals surface area contributed by atoms with Crippen molar-refractivity contribution in [3.8, 4) is 0 Å². The van der Waals surface area contributed by atoms with Crippen molar-refractivity contribution in [2.45, 2.75) is 36.7 Å². The van der Waals surface area contributed by atoms with E-state index in [4.69, 9.17) is 0 Å². The van der Waals surface area contributed by atoms with Gasteiger partial charge in [0.25, 0.3) is 0 Å². The minimum absolute atomic E-state index is 0.149. The SMILES string of the molecule is CC(C)(CO)NC1CCN(c2ccc(S)cn2)C1. The molecule has 1 saturated heterocycles. The lowest BCUT2D eigenvalue weighted by atomic mass is 10.1. The highest BCUT2D eigenvalue weighted by atomic mass is 32.1. The number of hydrogen-bond donors (Lipinski definition) is 3. The predicted octanol–water partition coefficient (Wildman–Crippen LogP) is 1.31. The molecule has 0 bridgehead atoms. The first-order chi connectivity index (χ1) is 8.50. The third-order valence-corrected chi connectivity index (χ3v) is 3.50. The number of hydrogen-bond acceptors (Lipinski definition) is 5. The number of pyridine rings is 1. The van der Waals surface area contributed by atoms with Gasteiger partial charge >= 0.3 is 0 Å².